The molecule has 8 heteroatoms. The molecule has 4 N–H and O–H groups in total. The van der Waals surface area contributed by atoms with Gasteiger partial charge in [0.25, 0.3) is 0 Å². The van der Waals surface area contributed by atoms with E-state index in [0.29, 0.717) is 34.0 Å². The number of hydrogen-bond acceptors (Lipinski definition) is 6. The predicted octanol–water partition coefficient (Wildman–Crippen LogP) is 2.83. The van der Waals surface area contributed by atoms with E-state index in [2.05, 4.69) is 9.98 Å². The zero-order chi connectivity index (χ0) is 20.6. The van der Waals surface area contributed by atoms with Gasteiger partial charge in [-0.1, -0.05) is 0 Å². The Bertz CT molecular complexity index is 1050. The van der Waals surface area contributed by atoms with E-state index in [9.17, 15) is 9.59 Å². The van der Waals surface area contributed by atoms with Crippen LogP contribution in [0.15, 0.2) is 70.9 Å². The topological polar surface area (TPSA) is 129 Å². The van der Waals surface area contributed by atoms with Crippen molar-refractivity contribution in [2.75, 3.05) is 6.61 Å². The van der Waals surface area contributed by atoms with Gasteiger partial charge in [0.1, 0.15) is 23.7 Å². The van der Waals surface area contributed by atoms with E-state index in [1.54, 1.807) is 54.9 Å². The van der Waals surface area contributed by atoms with Crippen LogP contribution in [0.3, 0.4) is 0 Å². The molecule has 8 nitrogen and oxygen atoms in total. The van der Waals surface area contributed by atoms with Crippen molar-refractivity contribution in [1.82, 2.24) is 0 Å². The smallest absolute Gasteiger partial charge is 0.248 e. The quantitative estimate of drug-likeness (QED) is 0.816. The lowest BCUT2D eigenvalue weighted by molar-refractivity contribution is 0.0991. The lowest BCUT2D eigenvalue weighted by Crippen LogP contribution is -2.11. The van der Waals surface area contributed by atoms with Gasteiger partial charge in [0.2, 0.25) is 11.8 Å². The number of hydrogen-bond donors (Lipinski definition) is 2. The highest BCUT2D eigenvalue weighted by molar-refractivity contribution is 5.95. The van der Waals surface area contributed by atoms with Crippen LogP contribution < -0.4 is 20.9 Å². The number of benzene rings is 2. The molecule has 0 unspecified atom stereocenters. The van der Waals surface area contributed by atoms with Gasteiger partial charge in [0, 0.05) is 23.6 Å². The van der Waals surface area contributed by atoms with E-state index in [1.807, 2.05) is 0 Å². The number of ether oxygens (including phenoxy) is 2. The zero-order valence-electron chi connectivity index (χ0n) is 15.3. The van der Waals surface area contributed by atoms with E-state index >= 15 is 0 Å². The van der Waals surface area contributed by atoms with Gasteiger partial charge in [-0.3, -0.25) is 19.6 Å². The largest absolute Gasteiger partial charge is 0.487 e. The van der Waals surface area contributed by atoms with Crippen molar-refractivity contribution in [1.29, 1.82) is 0 Å². The highest BCUT2D eigenvalue weighted by Gasteiger charge is 2.09. The van der Waals surface area contributed by atoms with Crippen LogP contribution in [0.5, 0.6) is 11.5 Å². The summed E-state index contributed by atoms with van der Waals surface area (Å²) in [6, 6.07) is 9.47. The van der Waals surface area contributed by atoms with Crippen LogP contribution in [-0.4, -0.2) is 30.9 Å². The van der Waals surface area contributed by atoms with Gasteiger partial charge < -0.3 is 20.9 Å². The molecule has 2 aromatic carbocycles. The number of carbonyl (C=O) groups excluding carboxylic acids is 2. The van der Waals surface area contributed by atoms with Crippen molar-refractivity contribution in [3.63, 3.8) is 0 Å². The molecule has 0 atom stereocenters. The van der Waals surface area contributed by atoms with Gasteiger partial charge in [-0.25, -0.2) is 0 Å². The maximum absolute atomic E-state index is 11.4. The van der Waals surface area contributed by atoms with Gasteiger partial charge in [-0.15, -0.1) is 0 Å². The predicted molar refractivity (Wildman–Crippen MR) is 111 cm³/mol. The number of fused-ring (bicyclic) bond motifs is 2. The molecule has 2 amide bonds. The Balaban J connectivity index is 1.91. The van der Waals surface area contributed by atoms with Gasteiger partial charge in [0.15, 0.2) is 5.75 Å². The molecule has 0 aliphatic carbocycles. The monoisotopic (exact) mass is 390 g/mol. The van der Waals surface area contributed by atoms with Crippen LogP contribution in [0.4, 0.5) is 11.4 Å². The highest BCUT2D eigenvalue weighted by atomic mass is 16.5. The molecule has 3 rings (SSSR count). The standard InChI is InChI=1S/C21H18N4O4/c22-20(26)14-4-6-16-18(12-14)28-10-3-11-29-19-13-15(21(23)27)5-7-17(19)25-9-2-1-8-24-16/h1-10,12-13H,11H2,(H2,22,26)(H2,23,27)/b2-1-,10-3-,24-8?,25-9?. The lowest BCUT2D eigenvalue weighted by Gasteiger charge is -2.08. The molecular formula is C21H18N4O4. The van der Waals surface area contributed by atoms with Gasteiger partial charge >= 0.3 is 0 Å². The summed E-state index contributed by atoms with van der Waals surface area (Å²) in [4.78, 5) is 31.4. The summed E-state index contributed by atoms with van der Waals surface area (Å²) in [6.07, 6.45) is 9.53. The lowest BCUT2D eigenvalue weighted by atomic mass is 10.2. The summed E-state index contributed by atoms with van der Waals surface area (Å²) in [5, 5.41) is 0. The van der Waals surface area contributed by atoms with Crippen molar-refractivity contribution >= 4 is 35.6 Å². The molecule has 0 spiro atoms. The first-order chi connectivity index (χ1) is 14.0. The fourth-order valence-electron chi connectivity index (χ4n) is 2.40. The molecule has 1 aliphatic heterocycles. The molecule has 0 saturated carbocycles. The van der Waals surface area contributed by atoms with E-state index in [0.717, 1.165) is 0 Å². The first-order valence-electron chi connectivity index (χ1n) is 8.60. The molecule has 0 saturated heterocycles. The second-order valence-corrected chi connectivity index (χ2v) is 5.84. The number of nitrogens with zero attached hydrogens (tertiary/aromatic N) is 2. The van der Waals surface area contributed by atoms with Crippen LogP contribution in [0.1, 0.15) is 20.7 Å². The normalized spacial score (nSPS) is 15.4. The fourth-order valence-corrected chi connectivity index (χ4v) is 2.40. The third kappa shape index (κ3) is 5.16. The molecule has 146 valence electrons. The minimum absolute atomic E-state index is 0.148. The Morgan fingerprint density at radius 3 is 1.97 bits per heavy atom. The minimum Gasteiger partial charge on any atom is -0.487 e. The number of carbonyl (C=O) groups is 2. The van der Waals surface area contributed by atoms with E-state index in [1.165, 1.54) is 18.4 Å². The molecule has 0 aromatic heterocycles. The molecule has 0 radical (unpaired) electrons. The summed E-state index contributed by atoms with van der Waals surface area (Å²) in [5.41, 5.74) is 12.3. The van der Waals surface area contributed by atoms with Crippen LogP contribution in [-0.2, 0) is 0 Å². The summed E-state index contributed by atoms with van der Waals surface area (Å²) in [7, 11) is 0. The number of nitrogens with two attached hydrogens (primary N) is 2. The Morgan fingerprint density at radius 1 is 0.828 bits per heavy atom. The molecule has 29 heavy (non-hydrogen) atoms. The SMILES string of the molecule is NC(=O)c1ccc2c(c1)O/C=C\COc1cc(C(N)=O)ccc1N=C/C=C\C=N2. The van der Waals surface area contributed by atoms with E-state index in [4.69, 9.17) is 20.9 Å². The molecule has 1 aliphatic rings. The van der Waals surface area contributed by atoms with E-state index < -0.39 is 11.8 Å². The Labute approximate surface area is 166 Å². The second-order valence-electron chi connectivity index (χ2n) is 5.84. The second kappa shape index (κ2) is 9.14. The van der Waals surface area contributed by atoms with Crippen molar-refractivity contribution in [2.45, 2.75) is 0 Å². The number of amides is 2. The van der Waals surface area contributed by atoms with Gasteiger partial charge in [-0.2, -0.15) is 0 Å². The van der Waals surface area contributed by atoms with Crippen molar-refractivity contribution in [3.05, 3.63) is 72.0 Å². The zero-order valence-corrected chi connectivity index (χ0v) is 15.3. The number of primary amides is 2. The fraction of sp³-hybridized carbons (Fsp3) is 0.0476. The average Bonchev–Trinajstić information content (AvgIpc) is 2.71. The summed E-state index contributed by atoms with van der Waals surface area (Å²) in [6.45, 7) is 0.148. The van der Waals surface area contributed by atoms with Crippen LogP contribution in [0.2, 0.25) is 0 Å². The summed E-state index contributed by atoms with van der Waals surface area (Å²) < 4.78 is 11.3. The molecule has 1 heterocycles. The Morgan fingerprint density at radius 2 is 1.38 bits per heavy atom. The first kappa shape index (κ1) is 19.6. The van der Waals surface area contributed by atoms with Crippen molar-refractivity contribution in [3.8, 4) is 11.5 Å². The molecular weight excluding hydrogens is 372 g/mol. The minimum atomic E-state index is -0.568. The van der Waals surface area contributed by atoms with Crippen LogP contribution >= 0.6 is 0 Å². The maximum Gasteiger partial charge on any atom is 0.248 e. The number of aliphatic imine (C=N–C) groups is 2. The Kier molecular flexibility index (Phi) is 6.16. The molecule has 2 aromatic rings. The van der Waals surface area contributed by atoms with Crippen molar-refractivity contribution in [2.24, 2.45) is 21.5 Å². The number of rotatable bonds is 2. The summed E-state index contributed by atoms with van der Waals surface area (Å²) in [5.74, 6) is -0.368. The number of allylic oxidation sites excluding steroid dienone is 2. The first-order valence-corrected chi connectivity index (χ1v) is 8.60. The third-order valence-corrected chi connectivity index (χ3v) is 3.83. The van der Waals surface area contributed by atoms with Crippen LogP contribution in [0.25, 0.3) is 0 Å². The van der Waals surface area contributed by atoms with E-state index in [-0.39, 0.29) is 6.61 Å². The average molecular weight is 390 g/mol. The summed E-state index contributed by atoms with van der Waals surface area (Å²) >= 11 is 0. The maximum atomic E-state index is 11.4. The van der Waals surface area contributed by atoms with Gasteiger partial charge in [0.05, 0.1) is 6.26 Å². The highest BCUT2D eigenvalue weighted by Crippen LogP contribution is 2.30. The van der Waals surface area contributed by atoms with Gasteiger partial charge in [-0.05, 0) is 54.6 Å². The Hall–Kier alpha value is -4.20. The molecule has 0 bridgehead atoms. The van der Waals surface area contributed by atoms with Crippen molar-refractivity contribution < 1.29 is 19.1 Å². The van der Waals surface area contributed by atoms with Crippen LogP contribution in [0, 0.1) is 0 Å². The molecule has 0 fully saturated rings. The third-order valence-electron chi connectivity index (χ3n) is 3.83.